The lowest BCUT2D eigenvalue weighted by atomic mass is 10.0. The second kappa shape index (κ2) is 10.2. The molecule has 1 aromatic carbocycles. The van der Waals surface area contributed by atoms with Gasteiger partial charge in [0, 0.05) is 13.3 Å². The Balaban J connectivity index is 2.76. The van der Waals surface area contributed by atoms with E-state index in [1.54, 1.807) is 6.08 Å². The summed E-state index contributed by atoms with van der Waals surface area (Å²) in [5.41, 5.74) is 6.27. The van der Waals surface area contributed by atoms with Crippen molar-refractivity contribution in [3.8, 4) is 0 Å². The summed E-state index contributed by atoms with van der Waals surface area (Å²) in [7, 11) is 0. The lowest BCUT2D eigenvalue weighted by Crippen LogP contribution is -2.53. The molecular formula is C18H25N3O3. The number of rotatable bonds is 10. The van der Waals surface area contributed by atoms with Crippen LogP contribution in [0.15, 0.2) is 43.0 Å². The number of allylic oxidation sites excluding steroid dienone is 1. The molecule has 0 radical (unpaired) electrons. The molecule has 130 valence electrons. The molecule has 0 aromatic heterocycles. The Bertz CT molecular complexity index is 572. The summed E-state index contributed by atoms with van der Waals surface area (Å²) < 4.78 is 0. The first-order valence-corrected chi connectivity index (χ1v) is 7.95. The summed E-state index contributed by atoms with van der Waals surface area (Å²) in [4.78, 5) is 35.4. The van der Waals surface area contributed by atoms with E-state index in [0.29, 0.717) is 19.3 Å². The normalized spacial score (nSPS) is 12.7. The Hall–Kier alpha value is -2.63. The smallest absolute Gasteiger partial charge is 0.243 e. The topological polar surface area (TPSA) is 101 Å². The average Bonchev–Trinajstić information content (AvgIpc) is 2.53. The van der Waals surface area contributed by atoms with Crippen molar-refractivity contribution >= 4 is 17.7 Å². The number of hydrogen-bond acceptors (Lipinski definition) is 3. The van der Waals surface area contributed by atoms with Gasteiger partial charge in [0.05, 0.1) is 0 Å². The summed E-state index contributed by atoms with van der Waals surface area (Å²) in [5, 5.41) is 5.26. The van der Waals surface area contributed by atoms with Crippen LogP contribution in [0.3, 0.4) is 0 Å². The van der Waals surface area contributed by atoms with E-state index in [1.807, 2.05) is 30.3 Å². The number of nitrogens with one attached hydrogen (secondary N) is 2. The highest BCUT2D eigenvalue weighted by Gasteiger charge is 2.24. The van der Waals surface area contributed by atoms with Crippen LogP contribution in [0.4, 0.5) is 0 Å². The van der Waals surface area contributed by atoms with Gasteiger partial charge in [0.1, 0.15) is 12.1 Å². The quantitative estimate of drug-likeness (QED) is 0.441. The molecule has 1 aromatic rings. The van der Waals surface area contributed by atoms with Gasteiger partial charge in [-0.05, 0) is 24.8 Å². The summed E-state index contributed by atoms with van der Waals surface area (Å²) >= 11 is 0. The molecule has 4 N–H and O–H groups in total. The van der Waals surface area contributed by atoms with E-state index in [0.717, 1.165) is 12.0 Å². The van der Waals surface area contributed by atoms with Gasteiger partial charge in [-0.2, -0.15) is 0 Å². The van der Waals surface area contributed by atoms with Crippen molar-refractivity contribution in [2.45, 2.75) is 44.7 Å². The van der Waals surface area contributed by atoms with Crippen LogP contribution in [0.25, 0.3) is 0 Å². The van der Waals surface area contributed by atoms with Crippen molar-refractivity contribution in [3.63, 3.8) is 0 Å². The Morgan fingerprint density at radius 1 is 1.17 bits per heavy atom. The van der Waals surface area contributed by atoms with E-state index < -0.39 is 23.9 Å². The molecule has 24 heavy (non-hydrogen) atoms. The molecule has 0 aliphatic rings. The Kier molecular flexibility index (Phi) is 8.25. The summed E-state index contributed by atoms with van der Waals surface area (Å²) in [6.07, 6.45) is 3.95. The fourth-order valence-corrected chi connectivity index (χ4v) is 2.33. The Labute approximate surface area is 142 Å². The largest absolute Gasteiger partial charge is 0.368 e. The van der Waals surface area contributed by atoms with E-state index in [4.69, 9.17) is 5.73 Å². The number of hydrogen-bond donors (Lipinski definition) is 3. The maximum atomic E-state index is 12.5. The molecule has 0 aliphatic heterocycles. The van der Waals surface area contributed by atoms with E-state index in [9.17, 15) is 14.4 Å². The van der Waals surface area contributed by atoms with Crippen LogP contribution in [0, 0.1) is 0 Å². The van der Waals surface area contributed by atoms with E-state index in [2.05, 4.69) is 17.2 Å². The molecule has 6 heteroatoms. The van der Waals surface area contributed by atoms with Crippen LogP contribution in [-0.2, 0) is 20.8 Å². The first-order valence-electron chi connectivity index (χ1n) is 7.95. The third-order valence-electron chi connectivity index (χ3n) is 3.54. The zero-order valence-electron chi connectivity index (χ0n) is 14.0. The highest BCUT2D eigenvalue weighted by atomic mass is 16.2. The van der Waals surface area contributed by atoms with Gasteiger partial charge in [-0.3, -0.25) is 14.4 Å². The van der Waals surface area contributed by atoms with Crippen molar-refractivity contribution in [2.75, 3.05) is 0 Å². The second-order valence-electron chi connectivity index (χ2n) is 5.63. The second-order valence-corrected chi connectivity index (χ2v) is 5.63. The van der Waals surface area contributed by atoms with Crippen molar-refractivity contribution < 1.29 is 14.4 Å². The number of unbranched alkanes of at least 4 members (excludes halogenated alkanes) is 1. The zero-order valence-corrected chi connectivity index (χ0v) is 14.0. The predicted octanol–water partition coefficient (Wildman–Crippen LogP) is 1.06. The van der Waals surface area contributed by atoms with Crippen LogP contribution >= 0.6 is 0 Å². The van der Waals surface area contributed by atoms with E-state index >= 15 is 0 Å². The maximum absolute atomic E-state index is 12.5. The van der Waals surface area contributed by atoms with Crippen LogP contribution in [0.2, 0.25) is 0 Å². The van der Waals surface area contributed by atoms with E-state index in [1.165, 1.54) is 6.92 Å². The number of carbonyl (C=O) groups is 3. The first-order chi connectivity index (χ1) is 11.4. The third kappa shape index (κ3) is 7.09. The van der Waals surface area contributed by atoms with E-state index in [-0.39, 0.29) is 5.91 Å². The highest BCUT2D eigenvalue weighted by molar-refractivity contribution is 5.91. The maximum Gasteiger partial charge on any atom is 0.243 e. The van der Waals surface area contributed by atoms with Gasteiger partial charge in [-0.15, -0.1) is 6.58 Å². The molecule has 0 spiro atoms. The minimum Gasteiger partial charge on any atom is -0.368 e. The molecule has 0 fully saturated rings. The average molecular weight is 331 g/mol. The van der Waals surface area contributed by atoms with Gasteiger partial charge in [-0.1, -0.05) is 36.4 Å². The molecule has 0 aliphatic carbocycles. The fraction of sp³-hybridized carbons (Fsp3) is 0.389. The van der Waals surface area contributed by atoms with Gasteiger partial charge >= 0.3 is 0 Å². The highest BCUT2D eigenvalue weighted by Crippen LogP contribution is 2.06. The van der Waals surface area contributed by atoms with Crippen LogP contribution in [-0.4, -0.2) is 29.8 Å². The number of primary amides is 1. The molecule has 6 nitrogen and oxygen atoms in total. The molecule has 2 atom stereocenters. The lowest BCUT2D eigenvalue weighted by Gasteiger charge is -2.21. The third-order valence-corrected chi connectivity index (χ3v) is 3.54. The summed E-state index contributed by atoms with van der Waals surface area (Å²) in [5.74, 6) is -1.32. The molecule has 0 saturated heterocycles. The van der Waals surface area contributed by atoms with Crippen LogP contribution in [0.1, 0.15) is 31.7 Å². The lowest BCUT2D eigenvalue weighted by molar-refractivity contribution is -0.130. The van der Waals surface area contributed by atoms with Crippen LogP contribution in [0.5, 0.6) is 0 Å². The number of amides is 3. The first kappa shape index (κ1) is 19.4. The molecule has 1 rings (SSSR count). The Morgan fingerprint density at radius 3 is 2.38 bits per heavy atom. The molecule has 3 amide bonds. The monoisotopic (exact) mass is 331 g/mol. The zero-order chi connectivity index (χ0) is 17.9. The molecule has 0 unspecified atom stereocenters. The number of carbonyl (C=O) groups excluding carboxylic acids is 3. The van der Waals surface area contributed by atoms with Gasteiger partial charge in [-0.25, -0.2) is 0 Å². The summed E-state index contributed by atoms with van der Waals surface area (Å²) in [6, 6.07) is 7.82. The van der Waals surface area contributed by atoms with Crippen molar-refractivity contribution in [2.24, 2.45) is 5.73 Å². The standard InChI is InChI=1S/C18H25N3O3/c1-3-4-6-11-15(17(19)23)21-18(24)16(20-13(2)22)12-14-9-7-5-8-10-14/h3,5,7-10,15-16H,1,4,6,11-12H2,2H3,(H2,19,23)(H,20,22)(H,21,24)/t15-,16+/m1/s1. The number of nitrogens with two attached hydrogens (primary N) is 1. The van der Waals surface area contributed by atoms with Gasteiger partial charge < -0.3 is 16.4 Å². The Morgan fingerprint density at radius 2 is 1.83 bits per heavy atom. The minimum atomic E-state index is -0.760. The van der Waals surface area contributed by atoms with Crippen molar-refractivity contribution in [1.29, 1.82) is 0 Å². The SMILES string of the molecule is C=CCCC[C@@H](NC(=O)[C@H](Cc1ccccc1)NC(C)=O)C(N)=O. The summed E-state index contributed by atoms with van der Waals surface area (Å²) in [6.45, 7) is 4.97. The molecule has 0 heterocycles. The number of benzene rings is 1. The minimum absolute atomic E-state index is 0.312. The molecule has 0 saturated carbocycles. The van der Waals surface area contributed by atoms with Crippen molar-refractivity contribution in [1.82, 2.24) is 10.6 Å². The van der Waals surface area contributed by atoms with Gasteiger partial charge in [0.2, 0.25) is 17.7 Å². The fourth-order valence-electron chi connectivity index (χ4n) is 2.33. The van der Waals surface area contributed by atoms with Crippen LogP contribution < -0.4 is 16.4 Å². The molecular weight excluding hydrogens is 306 g/mol. The predicted molar refractivity (Wildman–Crippen MR) is 92.9 cm³/mol. The molecule has 0 bridgehead atoms. The van der Waals surface area contributed by atoms with Gasteiger partial charge in [0.25, 0.3) is 0 Å². The van der Waals surface area contributed by atoms with Gasteiger partial charge in [0.15, 0.2) is 0 Å². The van der Waals surface area contributed by atoms with Crippen molar-refractivity contribution in [3.05, 3.63) is 48.6 Å².